The quantitative estimate of drug-likeness (QED) is 0.652. The summed E-state index contributed by atoms with van der Waals surface area (Å²) in [5.41, 5.74) is 6.38. The Labute approximate surface area is 128 Å². The Kier molecular flexibility index (Phi) is 3.74. The standard InChI is InChI=1S/C15H19N3O4/c1-22-12-5-4-10(7-11(12)18(20)21)17-15(19)13-8-2-3-9(6-8)14(13)16/h4-5,7-9,13-14H,2-3,6,16H2,1H3,(H,17,19). The molecule has 4 atom stereocenters. The monoisotopic (exact) mass is 305 g/mol. The van der Waals surface area contributed by atoms with Gasteiger partial charge in [-0.1, -0.05) is 0 Å². The lowest BCUT2D eigenvalue weighted by atomic mass is 9.84. The van der Waals surface area contributed by atoms with Crippen LogP contribution in [-0.2, 0) is 4.79 Å². The van der Waals surface area contributed by atoms with Gasteiger partial charge in [0.1, 0.15) is 0 Å². The lowest BCUT2D eigenvalue weighted by Crippen LogP contribution is -2.42. The molecule has 7 nitrogen and oxygen atoms in total. The van der Waals surface area contributed by atoms with Gasteiger partial charge in [-0.05, 0) is 43.2 Å². The molecule has 2 fully saturated rings. The molecule has 3 N–H and O–H groups in total. The maximum atomic E-state index is 12.5. The van der Waals surface area contributed by atoms with Gasteiger partial charge in [-0.25, -0.2) is 0 Å². The summed E-state index contributed by atoms with van der Waals surface area (Å²) < 4.78 is 4.95. The van der Waals surface area contributed by atoms with Crippen molar-refractivity contribution in [2.45, 2.75) is 25.3 Å². The van der Waals surface area contributed by atoms with Crippen LogP contribution in [0.3, 0.4) is 0 Å². The van der Waals surface area contributed by atoms with Crippen LogP contribution in [0.15, 0.2) is 18.2 Å². The third-order valence-electron chi connectivity index (χ3n) is 4.93. The highest BCUT2D eigenvalue weighted by molar-refractivity contribution is 5.94. The fourth-order valence-electron chi connectivity index (χ4n) is 3.86. The number of anilines is 1. The average Bonchev–Trinajstić information content (AvgIpc) is 3.07. The Morgan fingerprint density at radius 2 is 2.14 bits per heavy atom. The molecule has 0 spiro atoms. The number of nitrogens with one attached hydrogen (secondary N) is 1. The maximum Gasteiger partial charge on any atom is 0.312 e. The Hall–Kier alpha value is -2.15. The van der Waals surface area contributed by atoms with E-state index in [0.29, 0.717) is 17.5 Å². The smallest absolute Gasteiger partial charge is 0.312 e. The van der Waals surface area contributed by atoms with Crippen molar-refractivity contribution in [1.82, 2.24) is 0 Å². The summed E-state index contributed by atoms with van der Waals surface area (Å²) in [5, 5.41) is 13.8. The molecule has 0 heterocycles. The molecule has 4 unspecified atom stereocenters. The third kappa shape index (κ3) is 2.41. The average molecular weight is 305 g/mol. The first-order chi connectivity index (χ1) is 10.5. The first-order valence-corrected chi connectivity index (χ1v) is 7.40. The molecule has 2 aliphatic carbocycles. The molecule has 0 saturated heterocycles. The molecule has 3 rings (SSSR count). The predicted molar refractivity (Wildman–Crippen MR) is 80.6 cm³/mol. The van der Waals surface area contributed by atoms with Crippen LogP contribution in [0.5, 0.6) is 5.75 Å². The number of nitrogens with zero attached hydrogens (tertiary/aromatic N) is 1. The highest BCUT2D eigenvalue weighted by atomic mass is 16.6. The number of benzene rings is 1. The number of methoxy groups -OCH3 is 1. The molecule has 0 aliphatic heterocycles. The highest BCUT2D eigenvalue weighted by Gasteiger charge is 2.49. The molecule has 1 amide bonds. The van der Waals surface area contributed by atoms with E-state index in [-0.39, 0.29) is 29.3 Å². The van der Waals surface area contributed by atoms with Crippen LogP contribution >= 0.6 is 0 Å². The van der Waals surface area contributed by atoms with E-state index in [0.717, 1.165) is 19.3 Å². The Morgan fingerprint density at radius 1 is 1.41 bits per heavy atom. The molecular formula is C15H19N3O4. The minimum absolute atomic E-state index is 0.105. The van der Waals surface area contributed by atoms with Gasteiger partial charge >= 0.3 is 5.69 Å². The second-order valence-electron chi connectivity index (χ2n) is 6.07. The van der Waals surface area contributed by atoms with Gasteiger partial charge in [0.05, 0.1) is 18.0 Å². The van der Waals surface area contributed by atoms with E-state index >= 15 is 0 Å². The van der Waals surface area contributed by atoms with E-state index in [1.807, 2.05) is 0 Å². The van der Waals surface area contributed by atoms with Crippen molar-refractivity contribution in [3.8, 4) is 5.75 Å². The zero-order chi connectivity index (χ0) is 15.9. The summed E-state index contributed by atoms with van der Waals surface area (Å²) in [6, 6.07) is 4.29. The number of nitrogens with two attached hydrogens (primary N) is 1. The van der Waals surface area contributed by atoms with Gasteiger partial charge < -0.3 is 15.8 Å². The van der Waals surface area contributed by atoms with Crippen LogP contribution in [0, 0.1) is 27.9 Å². The molecule has 2 aliphatic rings. The zero-order valence-corrected chi connectivity index (χ0v) is 12.3. The highest BCUT2D eigenvalue weighted by Crippen LogP contribution is 2.48. The molecule has 7 heteroatoms. The van der Waals surface area contributed by atoms with Gasteiger partial charge in [0.15, 0.2) is 5.75 Å². The molecule has 22 heavy (non-hydrogen) atoms. The van der Waals surface area contributed by atoms with Crippen molar-refractivity contribution < 1.29 is 14.5 Å². The van der Waals surface area contributed by atoms with E-state index in [1.165, 1.54) is 19.2 Å². The van der Waals surface area contributed by atoms with E-state index in [1.54, 1.807) is 6.07 Å². The number of hydrogen-bond acceptors (Lipinski definition) is 5. The van der Waals surface area contributed by atoms with Crippen molar-refractivity contribution in [2.24, 2.45) is 23.5 Å². The first-order valence-electron chi connectivity index (χ1n) is 7.40. The van der Waals surface area contributed by atoms with E-state index in [9.17, 15) is 14.9 Å². The fraction of sp³-hybridized carbons (Fsp3) is 0.533. The van der Waals surface area contributed by atoms with Crippen molar-refractivity contribution in [1.29, 1.82) is 0 Å². The van der Waals surface area contributed by atoms with Gasteiger partial charge in [-0.15, -0.1) is 0 Å². The summed E-state index contributed by atoms with van der Waals surface area (Å²) in [7, 11) is 1.37. The summed E-state index contributed by atoms with van der Waals surface area (Å²) in [6.07, 6.45) is 3.16. The van der Waals surface area contributed by atoms with Crippen molar-refractivity contribution in [3.63, 3.8) is 0 Å². The molecule has 118 valence electrons. The Balaban J connectivity index is 1.77. The van der Waals surface area contributed by atoms with E-state index < -0.39 is 4.92 Å². The summed E-state index contributed by atoms with van der Waals surface area (Å²) in [4.78, 5) is 23.0. The predicted octanol–water partition coefficient (Wildman–Crippen LogP) is 1.92. The van der Waals surface area contributed by atoms with Crippen LogP contribution in [0.4, 0.5) is 11.4 Å². The normalized spacial score (nSPS) is 29.4. The van der Waals surface area contributed by atoms with Gasteiger partial charge in [0.2, 0.25) is 5.91 Å². The number of fused-ring (bicyclic) bond motifs is 2. The fourth-order valence-corrected chi connectivity index (χ4v) is 3.86. The second-order valence-corrected chi connectivity index (χ2v) is 6.07. The summed E-state index contributed by atoms with van der Waals surface area (Å²) in [6.45, 7) is 0. The SMILES string of the molecule is COc1ccc(NC(=O)C2C3CCC(C3)C2N)cc1[N+](=O)[O-]. The summed E-state index contributed by atoms with van der Waals surface area (Å²) in [5.74, 6) is 0.609. The van der Waals surface area contributed by atoms with Crippen molar-refractivity contribution in [2.75, 3.05) is 12.4 Å². The lowest BCUT2D eigenvalue weighted by molar-refractivity contribution is -0.385. The number of carbonyl (C=O) groups is 1. The van der Waals surface area contributed by atoms with Crippen molar-refractivity contribution in [3.05, 3.63) is 28.3 Å². The Bertz CT molecular complexity index is 617. The zero-order valence-electron chi connectivity index (χ0n) is 12.3. The van der Waals surface area contributed by atoms with Crippen molar-refractivity contribution >= 4 is 17.3 Å². The first kappa shape index (κ1) is 14.8. The largest absolute Gasteiger partial charge is 0.490 e. The van der Waals surface area contributed by atoms with Gasteiger partial charge in [-0.3, -0.25) is 14.9 Å². The number of nitro benzene ring substituents is 1. The molecule has 1 aromatic rings. The topological polar surface area (TPSA) is 107 Å². The number of rotatable bonds is 4. The molecular weight excluding hydrogens is 286 g/mol. The number of nitro groups is 1. The number of ether oxygens (including phenoxy) is 1. The summed E-state index contributed by atoms with van der Waals surface area (Å²) >= 11 is 0. The second kappa shape index (κ2) is 5.57. The van der Waals surface area contributed by atoms with Crippen LogP contribution in [0.1, 0.15) is 19.3 Å². The minimum Gasteiger partial charge on any atom is -0.490 e. The molecule has 0 radical (unpaired) electrons. The minimum atomic E-state index is -0.530. The van der Waals surface area contributed by atoms with E-state index in [2.05, 4.69) is 5.32 Å². The van der Waals surface area contributed by atoms with Gasteiger partial charge in [0.25, 0.3) is 0 Å². The maximum absolute atomic E-state index is 12.5. The molecule has 2 bridgehead atoms. The lowest BCUT2D eigenvalue weighted by Gasteiger charge is -2.27. The third-order valence-corrected chi connectivity index (χ3v) is 4.93. The van der Waals surface area contributed by atoms with Crippen LogP contribution < -0.4 is 15.8 Å². The molecule has 2 saturated carbocycles. The van der Waals surface area contributed by atoms with E-state index in [4.69, 9.17) is 10.5 Å². The van der Waals surface area contributed by atoms with Crippen LogP contribution in [0.25, 0.3) is 0 Å². The number of carbonyl (C=O) groups excluding carboxylic acids is 1. The molecule has 1 aromatic carbocycles. The Morgan fingerprint density at radius 3 is 2.73 bits per heavy atom. The van der Waals surface area contributed by atoms with Crippen LogP contribution in [-0.4, -0.2) is 24.0 Å². The number of hydrogen-bond donors (Lipinski definition) is 2. The van der Waals surface area contributed by atoms with Gasteiger partial charge in [0, 0.05) is 17.8 Å². The molecule has 0 aromatic heterocycles. The van der Waals surface area contributed by atoms with Gasteiger partial charge in [-0.2, -0.15) is 0 Å². The van der Waals surface area contributed by atoms with Crippen LogP contribution in [0.2, 0.25) is 0 Å². The number of amides is 1.